The monoisotopic (exact) mass is 541 g/mol. The van der Waals surface area contributed by atoms with E-state index in [1.165, 1.54) is 4.70 Å². The zero-order valence-electron chi connectivity index (χ0n) is 23.9. The molecule has 200 valence electrons. The second-order valence-corrected chi connectivity index (χ2v) is 14.3. The molecular weight excluding hydrogens is 500 g/mol. The number of hydrogen-bond donors (Lipinski definition) is 2. The summed E-state index contributed by atoms with van der Waals surface area (Å²) in [6, 6.07) is 6.79. The van der Waals surface area contributed by atoms with E-state index < -0.39 is 22.4 Å². The minimum atomic E-state index is -0.985. The maximum absolute atomic E-state index is 10.5. The van der Waals surface area contributed by atoms with E-state index in [1.54, 1.807) is 50.4 Å². The van der Waals surface area contributed by atoms with E-state index in [1.807, 2.05) is 27.7 Å². The molecule has 2 heterocycles. The zero-order valence-corrected chi connectivity index (χ0v) is 25.5. The number of hydrogen-bond acceptors (Lipinski definition) is 7. The summed E-state index contributed by atoms with van der Waals surface area (Å²) >= 11 is 3.36. The summed E-state index contributed by atoms with van der Waals surface area (Å²) in [5.74, 6) is 0. The third-order valence-corrected chi connectivity index (χ3v) is 10.3. The van der Waals surface area contributed by atoms with Crippen LogP contribution in [0, 0.1) is 11.3 Å². The van der Waals surface area contributed by atoms with Gasteiger partial charge in [-0.1, -0.05) is 19.8 Å². The summed E-state index contributed by atoms with van der Waals surface area (Å²) in [7, 11) is 0.768. The largest absolute Gasteiger partial charge is 0.426 e. The van der Waals surface area contributed by atoms with Gasteiger partial charge in [-0.05, 0) is 91.3 Å². The number of nitrogens with zero attached hydrogens (tertiary/aromatic N) is 1. The lowest BCUT2D eigenvalue weighted by molar-refractivity contribution is -0.0892. The van der Waals surface area contributed by atoms with Gasteiger partial charge in [0.2, 0.25) is 0 Å². The first-order valence-corrected chi connectivity index (χ1v) is 14.8. The lowest BCUT2D eigenvalue weighted by Gasteiger charge is -2.37. The van der Waals surface area contributed by atoms with E-state index in [0.29, 0.717) is 15.0 Å². The SMILES string of the molecule is CCCCCc1c(C#N)c2cc(BOC(C)(C)C(C)(C)O)sc2c2sc(BOC(C)(C)C(C)(C)O)cc12. The Hall–Kier alpha value is -1.40. The van der Waals surface area contributed by atoms with Crippen LogP contribution in [-0.2, 0) is 15.7 Å². The van der Waals surface area contributed by atoms with Crippen molar-refractivity contribution in [2.24, 2.45) is 0 Å². The lowest BCUT2D eigenvalue weighted by atomic mass is 9.85. The average Bonchev–Trinajstić information content (AvgIpc) is 3.39. The number of nitriles is 1. The molecule has 0 bridgehead atoms. The fourth-order valence-electron chi connectivity index (χ4n) is 3.87. The smallest absolute Gasteiger partial charge is 0.319 e. The minimum Gasteiger partial charge on any atom is -0.426 e. The summed E-state index contributed by atoms with van der Waals surface area (Å²) in [6.45, 7) is 16.8. The molecule has 0 spiro atoms. The highest BCUT2D eigenvalue weighted by molar-refractivity contribution is 7.34. The number of fused-ring (bicyclic) bond motifs is 3. The maximum atomic E-state index is 10.5. The van der Waals surface area contributed by atoms with E-state index in [9.17, 15) is 15.5 Å². The van der Waals surface area contributed by atoms with Crippen molar-refractivity contribution < 1.29 is 19.5 Å². The fourth-order valence-corrected chi connectivity index (χ4v) is 6.20. The summed E-state index contributed by atoms with van der Waals surface area (Å²) in [5, 5.41) is 33.4. The van der Waals surface area contributed by atoms with Crippen LogP contribution in [0.2, 0.25) is 0 Å². The molecule has 0 atom stereocenters. The van der Waals surface area contributed by atoms with Crippen molar-refractivity contribution in [3.63, 3.8) is 0 Å². The highest BCUT2D eigenvalue weighted by Crippen LogP contribution is 2.39. The molecule has 1 aromatic carbocycles. The second kappa shape index (κ2) is 11.0. The van der Waals surface area contributed by atoms with Crippen molar-refractivity contribution in [3.8, 4) is 6.07 Å². The molecule has 0 aliphatic carbocycles. The number of thiophene rings is 2. The number of aryl methyl sites for hydroxylation is 1. The Morgan fingerprint density at radius 2 is 1.27 bits per heavy atom. The van der Waals surface area contributed by atoms with Crippen LogP contribution in [0.25, 0.3) is 20.2 Å². The summed E-state index contributed by atoms with van der Waals surface area (Å²) in [5.41, 5.74) is -1.52. The van der Waals surface area contributed by atoms with Crippen LogP contribution >= 0.6 is 22.7 Å². The molecule has 0 aliphatic rings. The molecule has 0 radical (unpaired) electrons. The second-order valence-electron chi connectivity index (χ2n) is 12.0. The molecule has 2 N–H and O–H groups in total. The Bertz CT molecular complexity index is 1290. The lowest BCUT2D eigenvalue weighted by Crippen LogP contribution is -2.49. The van der Waals surface area contributed by atoms with Crippen molar-refractivity contribution >= 4 is 67.4 Å². The summed E-state index contributed by atoms with van der Waals surface area (Å²) < 4.78 is 16.7. The number of benzene rings is 1. The molecule has 0 fully saturated rings. The van der Waals surface area contributed by atoms with Gasteiger partial charge in [0.1, 0.15) is 6.07 Å². The van der Waals surface area contributed by atoms with Gasteiger partial charge in [-0.15, -0.1) is 22.7 Å². The first kappa shape index (κ1) is 30.1. The minimum absolute atomic E-state index is 0.370. The van der Waals surface area contributed by atoms with E-state index in [-0.39, 0.29) is 0 Å². The molecule has 3 rings (SSSR count). The first-order valence-electron chi connectivity index (χ1n) is 13.1. The van der Waals surface area contributed by atoms with Crippen LogP contribution in [0.5, 0.6) is 0 Å². The van der Waals surface area contributed by atoms with Crippen molar-refractivity contribution in [2.45, 2.75) is 110 Å². The van der Waals surface area contributed by atoms with Crippen molar-refractivity contribution in [1.29, 1.82) is 5.26 Å². The molecule has 0 unspecified atom stereocenters. The van der Waals surface area contributed by atoms with Gasteiger partial charge in [0.05, 0.1) is 37.4 Å². The van der Waals surface area contributed by atoms with Crippen LogP contribution in [0.15, 0.2) is 12.1 Å². The third kappa shape index (κ3) is 6.43. The Morgan fingerprint density at radius 3 is 1.70 bits per heavy atom. The molecule has 9 heteroatoms. The highest BCUT2D eigenvalue weighted by Gasteiger charge is 2.37. The van der Waals surface area contributed by atoms with Gasteiger partial charge >= 0.3 is 15.0 Å². The molecule has 37 heavy (non-hydrogen) atoms. The molecule has 3 aromatic rings. The van der Waals surface area contributed by atoms with Crippen LogP contribution in [0.4, 0.5) is 0 Å². The van der Waals surface area contributed by atoms with Crippen LogP contribution in [0.1, 0.15) is 92.7 Å². The highest BCUT2D eigenvalue weighted by atomic mass is 32.1. The van der Waals surface area contributed by atoms with Crippen LogP contribution < -0.4 is 9.55 Å². The molecule has 0 amide bonds. The third-order valence-electron chi connectivity index (χ3n) is 7.91. The molecular formula is C28H41B2NO4S2. The Morgan fingerprint density at radius 1 is 0.811 bits per heavy atom. The number of aliphatic hydroxyl groups is 2. The van der Waals surface area contributed by atoms with Crippen molar-refractivity contribution in [1.82, 2.24) is 0 Å². The van der Waals surface area contributed by atoms with Gasteiger partial charge in [0.25, 0.3) is 0 Å². The maximum Gasteiger partial charge on any atom is 0.319 e. The van der Waals surface area contributed by atoms with Crippen molar-refractivity contribution in [3.05, 3.63) is 23.3 Å². The number of unbranched alkanes of at least 4 members (excludes halogenated alkanes) is 2. The van der Waals surface area contributed by atoms with Gasteiger partial charge in [0, 0.05) is 14.9 Å². The molecule has 2 aromatic heterocycles. The molecule has 0 saturated carbocycles. The number of rotatable bonds is 12. The van der Waals surface area contributed by atoms with Gasteiger partial charge < -0.3 is 19.5 Å². The van der Waals surface area contributed by atoms with Gasteiger partial charge in [0.15, 0.2) is 0 Å². The summed E-state index contributed by atoms with van der Waals surface area (Å²) in [4.78, 5) is 0. The topological polar surface area (TPSA) is 82.7 Å². The Balaban J connectivity index is 2.08. The van der Waals surface area contributed by atoms with E-state index in [0.717, 1.165) is 61.8 Å². The fraction of sp³-hybridized carbons (Fsp3) is 0.607. The first-order chi connectivity index (χ1) is 17.0. The van der Waals surface area contributed by atoms with Gasteiger partial charge in [-0.25, -0.2) is 0 Å². The van der Waals surface area contributed by atoms with Gasteiger partial charge in [-0.2, -0.15) is 5.26 Å². The van der Waals surface area contributed by atoms with Gasteiger partial charge in [-0.3, -0.25) is 0 Å². The standard InChI is InChI=1S/C28H41B2NO4S2/c1-10-11-12-13-17-18-14-21(29-34-27(6,7)25(2,3)32)36-23(18)24-19(20(17)16-31)15-22(37-24)30-35-28(8,9)26(4,5)33/h14-15,29-30,32-33H,10-13H2,1-9H3. The average molecular weight is 541 g/mol. The van der Waals surface area contributed by atoms with E-state index in [4.69, 9.17) is 9.31 Å². The quantitative estimate of drug-likeness (QED) is 0.254. The predicted molar refractivity (Wildman–Crippen MR) is 162 cm³/mol. The predicted octanol–water partition coefficient (Wildman–Crippen LogP) is 4.81. The normalized spacial score (nSPS) is 13.4. The molecule has 0 aliphatic heterocycles. The summed E-state index contributed by atoms with van der Waals surface area (Å²) in [6.07, 6.45) is 4.15. The Labute approximate surface area is 231 Å². The van der Waals surface area contributed by atoms with E-state index in [2.05, 4.69) is 25.1 Å². The van der Waals surface area contributed by atoms with Crippen LogP contribution in [-0.4, -0.2) is 47.6 Å². The zero-order chi connectivity index (χ0) is 27.8. The van der Waals surface area contributed by atoms with E-state index >= 15 is 0 Å². The molecule has 5 nitrogen and oxygen atoms in total. The Kier molecular flexibility index (Phi) is 8.96. The molecule has 0 saturated heterocycles. The van der Waals surface area contributed by atoms with Crippen LogP contribution in [0.3, 0.4) is 0 Å². The van der Waals surface area contributed by atoms with Crippen molar-refractivity contribution in [2.75, 3.05) is 0 Å².